The number of rotatable bonds is 7. The third-order valence-electron chi connectivity index (χ3n) is 7.12. The van der Waals surface area contributed by atoms with E-state index in [1.807, 2.05) is 24.3 Å². The van der Waals surface area contributed by atoms with Crippen molar-refractivity contribution < 1.29 is 19.2 Å². The molecule has 1 N–H and O–H groups in total. The summed E-state index contributed by atoms with van der Waals surface area (Å²) in [4.78, 5) is 41.2. The summed E-state index contributed by atoms with van der Waals surface area (Å²) < 4.78 is 5.20. The van der Waals surface area contributed by atoms with Crippen LogP contribution in [0.4, 0.5) is 11.4 Å². The number of methoxy groups -OCH3 is 1. The topological polar surface area (TPSA) is 105 Å². The molecule has 186 valence electrons. The maximum atomic E-state index is 13.4. The van der Waals surface area contributed by atoms with Gasteiger partial charge in [0, 0.05) is 49.1 Å². The minimum Gasteiger partial charge on any atom is -0.497 e. The Bertz CT molecular complexity index is 1070. The summed E-state index contributed by atoms with van der Waals surface area (Å²) in [5.41, 5.74) is 1.53. The summed E-state index contributed by atoms with van der Waals surface area (Å²) in [6, 6.07) is 11.7. The van der Waals surface area contributed by atoms with Crippen LogP contribution in [0.3, 0.4) is 0 Å². The van der Waals surface area contributed by atoms with Crippen LogP contribution in [0, 0.1) is 23.0 Å². The highest BCUT2D eigenvalue weighted by Crippen LogP contribution is 2.32. The van der Waals surface area contributed by atoms with Gasteiger partial charge in [-0.2, -0.15) is 0 Å². The lowest BCUT2D eigenvalue weighted by Gasteiger charge is -2.40. The minimum atomic E-state index is -0.461. The molecule has 1 aliphatic heterocycles. The lowest BCUT2D eigenvalue weighted by atomic mass is 9.94. The Morgan fingerprint density at radius 2 is 1.71 bits per heavy atom. The van der Waals surface area contributed by atoms with Crippen LogP contribution in [0.2, 0.25) is 0 Å². The van der Waals surface area contributed by atoms with Crippen molar-refractivity contribution in [2.24, 2.45) is 5.92 Å². The second-order valence-corrected chi connectivity index (χ2v) is 9.29. The predicted octanol–water partition coefficient (Wildman–Crippen LogP) is 3.87. The largest absolute Gasteiger partial charge is 0.497 e. The van der Waals surface area contributed by atoms with Crippen LogP contribution in [0.1, 0.15) is 41.6 Å². The quantitative estimate of drug-likeness (QED) is 0.477. The van der Waals surface area contributed by atoms with Crippen molar-refractivity contribution in [3.8, 4) is 5.75 Å². The van der Waals surface area contributed by atoms with Crippen LogP contribution < -0.4 is 10.1 Å². The molecular weight excluding hydrogens is 448 g/mol. The van der Waals surface area contributed by atoms with E-state index in [9.17, 15) is 19.7 Å². The van der Waals surface area contributed by atoms with Gasteiger partial charge in [0.1, 0.15) is 5.75 Å². The smallest absolute Gasteiger partial charge is 0.273 e. The number of amides is 2. The van der Waals surface area contributed by atoms with Crippen LogP contribution in [0.5, 0.6) is 5.75 Å². The number of ether oxygens (including phenoxy) is 1. The molecule has 2 aromatic rings. The summed E-state index contributed by atoms with van der Waals surface area (Å²) in [5, 5.41) is 14.3. The van der Waals surface area contributed by atoms with E-state index in [1.165, 1.54) is 6.07 Å². The van der Waals surface area contributed by atoms with E-state index in [2.05, 4.69) is 10.2 Å². The second-order valence-electron chi connectivity index (χ2n) is 9.29. The second kappa shape index (κ2) is 10.9. The number of hydrogen-bond donors (Lipinski definition) is 1. The Morgan fingerprint density at radius 3 is 2.31 bits per heavy atom. The average Bonchev–Trinajstić information content (AvgIpc) is 3.39. The standard InChI is InChI=1S/C26H32N4O5/c1-18-7-8-20(17-23(18)30(33)34)26(32)29-15-13-28(14-16-29)24(19-5-3-4-6-19)25(31)27-21-9-11-22(35-2)12-10-21/h7-12,17,19,24H,3-6,13-16H2,1-2H3,(H,27,31). The normalized spacial score (nSPS) is 17.7. The molecule has 9 heteroatoms. The molecule has 2 amide bonds. The zero-order chi connectivity index (χ0) is 24.9. The number of carbonyl (C=O) groups is 2. The molecule has 1 saturated carbocycles. The third kappa shape index (κ3) is 5.62. The number of hydrogen-bond acceptors (Lipinski definition) is 6. The SMILES string of the molecule is COc1ccc(NC(=O)C(C2CCCC2)N2CCN(C(=O)c3ccc(C)c([N+](=O)[O-])c3)CC2)cc1. The summed E-state index contributed by atoms with van der Waals surface area (Å²) >= 11 is 0. The average molecular weight is 481 g/mol. The van der Waals surface area contributed by atoms with Crippen molar-refractivity contribution in [3.05, 3.63) is 63.7 Å². The molecule has 9 nitrogen and oxygen atoms in total. The van der Waals surface area contributed by atoms with Gasteiger partial charge in [-0.05, 0) is 56.0 Å². The molecule has 1 saturated heterocycles. The van der Waals surface area contributed by atoms with Crippen molar-refractivity contribution in [2.45, 2.75) is 38.6 Å². The molecule has 0 bridgehead atoms. The fourth-order valence-electron chi connectivity index (χ4n) is 5.17. The van der Waals surface area contributed by atoms with Gasteiger partial charge in [0.15, 0.2) is 0 Å². The first kappa shape index (κ1) is 24.7. The molecule has 1 unspecified atom stereocenters. The number of anilines is 1. The van der Waals surface area contributed by atoms with Gasteiger partial charge in [-0.15, -0.1) is 0 Å². The van der Waals surface area contributed by atoms with Crippen molar-refractivity contribution in [1.82, 2.24) is 9.80 Å². The summed E-state index contributed by atoms with van der Waals surface area (Å²) in [5.74, 6) is 0.786. The summed E-state index contributed by atoms with van der Waals surface area (Å²) in [6.45, 7) is 3.76. The summed E-state index contributed by atoms with van der Waals surface area (Å²) in [6.07, 6.45) is 4.29. The van der Waals surface area contributed by atoms with E-state index in [4.69, 9.17) is 4.74 Å². The Hall–Kier alpha value is -3.46. The van der Waals surface area contributed by atoms with Gasteiger partial charge in [0.05, 0.1) is 18.1 Å². The Morgan fingerprint density at radius 1 is 1.06 bits per heavy atom. The molecule has 1 heterocycles. The van der Waals surface area contributed by atoms with Crippen molar-refractivity contribution in [2.75, 3.05) is 38.6 Å². The number of benzene rings is 2. The number of nitrogens with zero attached hydrogens (tertiary/aromatic N) is 3. The molecule has 2 aromatic carbocycles. The number of aryl methyl sites for hydroxylation is 1. The number of nitro groups is 1. The number of nitro benzene ring substituents is 1. The Kier molecular flexibility index (Phi) is 7.65. The molecule has 2 aliphatic rings. The lowest BCUT2D eigenvalue weighted by Crippen LogP contribution is -2.56. The molecular formula is C26H32N4O5. The van der Waals surface area contributed by atoms with Gasteiger partial charge in [-0.25, -0.2) is 0 Å². The van der Waals surface area contributed by atoms with E-state index in [0.29, 0.717) is 37.3 Å². The van der Waals surface area contributed by atoms with Crippen molar-refractivity contribution >= 4 is 23.2 Å². The lowest BCUT2D eigenvalue weighted by molar-refractivity contribution is -0.385. The molecule has 1 aliphatic carbocycles. The van der Waals surface area contributed by atoms with Gasteiger partial charge in [-0.1, -0.05) is 18.9 Å². The number of piperazine rings is 1. The Balaban J connectivity index is 1.43. The molecule has 2 fully saturated rings. The zero-order valence-electron chi connectivity index (χ0n) is 20.2. The van der Waals surface area contributed by atoms with Crippen LogP contribution >= 0.6 is 0 Å². The maximum absolute atomic E-state index is 13.4. The maximum Gasteiger partial charge on any atom is 0.273 e. The first-order valence-corrected chi connectivity index (χ1v) is 12.1. The van der Waals surface area contributed by atoms with E-state index in [0.717, 1.165) is 37.1 Å². The fraction of sp³-hybridized carbons (Fsp3) is 0.462. The highest BCUT2D eigenvalue weighted by molar-refractivity contribution is 5.96. The number of carbonyl (C=O) groups excluding carboxylic acids is 2. The van der Waals surface area contributed by atoms with Gasteiger partial charge >= 0.3 is 0 Å². The highest BCUT2D eigenvalue weighted by Gasteiger charge is 2.37. The van der Waals surface area contributed by atoms with Crippen LogP contribution in [0.25, 0.3) is 0 Å². The van der Waals surface area contributed by atoms with Crippen LogP contribution in [0.15, 0.2) is 42.5 Å². The van der Waals surface area contributed by atoms with Gasteiger partial charge in [0.25, 0.3) is 11.6 Å². The molecule has 0 radical (unpaired) electrons. The first-order chi connectivity index (χ1) is 16.9. The Labute approximate surface area is 205 Å². The van der Waals surface area contributed by atoms with E-state index in [1.54, 1.807) is 31.1 Å². The van der Waals surface area contributed by atoms with Crippen molar-refractivity contribution in [1.29, 1.82) is 0 Å². The molecule has 4 rings (SSSR count). The van der Waals surface area contributed by atoms with Gasteiger partial charge in [0.2, 0.25) is 5.91 Å². The number of nitrogens with one attached hydrogen (secondary N) is 1. The van der Waals surface area contributed by atoms with Crippen LogP contribution in [-0.2, 0) is 4.79 Å². The molecule has 35 heavy (non-hydrogen) atoms. The molecule has 1 atom stereocenters. The van der Waals surface area contributed by atoms with E-state index < -0.39 is 4.92 Å². The van der Waals surface area contributed by atoms with Gasteiger partial charge in [-0.3, -0.25) is 24.6 Å². The zero-order valence-corrected chi connectivity index (χ0v) is 20.2. The van der Waals surface area contributed by atoms with Gasteiger partial charge < -0.3 is 15.0 Å². The minimum absolute atomic E-state index is 0.0176. The monoisotopic (exact) mass is 480 g/mol. The van der Waals surface area contributed by atoms with E-state index >= 15 is 0 Å². The van der Waals surface area contributed by atoms with Crippen molar-refractivity contribution in [3.63, 3.8) is 0 Å². The summed E-state index contributed by atoms with van der Waals surface area (Å²) in [7, 11) is 1.61. The van der Waals surface area contributed by atoms with E-state index in [-0.39, 0.29) is 29.5 Å². The molecule has 0 aromatic heterocycles. The van der Waals surface area contributed by atoms with Crippen LogP contribution in [-0.4, -0.2) is 65.9 Å². The fourth-order valence-corrected chi connectivity index (χ4v) is 5.17. The molecule has 0 spiro atoms. The first-order valence-electron chi connectivity index (χ1n) is 12.1. The highest BCUT2D eigenvalue weighted by atomic mass is 16.6. The third-order valence-corrected chi connectivity index (χ3v) is 7.12. The predicted molar refractivity (Wildman–Crippen MR) is 133 cm³/mol.